The van der Waals surface area contributed by atoms with E-state index in [9.17, 15) is 18.0 Å². The first-order chi connectivity index (χ1) is 23.9. The van der Waals surface area contributed by atoms with Crippen molar-refractivity contribution in [2.45, 2.75) is 56.8 Å². The van der Waals surface area contributed by atoms with E-state index < -0.39 is 23.5 Å². The van der Waals surface area contributed by atoms with Gasteiger partial charge in [0.05, 0.1) is 24.0 Å². The van der Waals surface area contributed by atoms with Crippen LogP contribution in [0.5, 0.6) is 5.75 Å². The van der Waals surface area contributed by atoms with E-state index in [-0.39, 0.29) is 17.2 Å². The van der Waals surface area contributed by atoms with Gasteiger partial charge in [0.25, 0.3) is 5.91 Å². The number of nitrogens with zero attached hydrogens (tertiary/aromatic N) is 5. The van der Waals surface area contributed by atoms with Gasteiger partial charge in [0.2, 0.25) is 5.95 Å². The zero-order valence-electron chi connectivity index (χ0n) is 29.4. The van der Waals surface area contributed by atoms with Crippen molar-refractivity contribution in [3.63, 3.8) is 0 Å². The van der Waals surface area contributed by atoms with Gasteiger partial charge in [-0.15, -0.1) is 0 Å². The maximum absolute atomic E-state index is 14.1. The number of anilines is 5. The number of hydrogen-bond donors (Lipinski definition) is 3. The Hall–Kier alpha value is -4.10. The molecule has 2 unspecified atom stereocenters. The van der Waals surface area contributed by atoms with Crippen LogP contribution in [-0.4, -0.2) is 91.7 Å². The smallest absolute Gasteiger partial charge is 0.421 e. The van der Waals surface area contributed by atoms with Crippen LogP contribution in [-0.2, 0) is 6.18 Å². The lowest BCUT2D eigenvalue weighted by Gasteiger charge is -2.64. The molecule has 1 aliphatic heterocycles. The normalized spacial score (nSPS) is 26.3. The summed E-state index contributed by atoms with van der Waals surface area (Å²) in [6.45, 7) is 5.59. The lowest BCUT2D eigenvalue weighted by Crippen LogP contribution is -2.67. The van der Waals surface area contributed by atoms with Crippen molar-refractivity contribution in [1.82, 2.24) is 25.1 Å². The minimum atomic E-state index is -4.73. The number of piperazine rings is 1. The average Bonchev–Trinajstić information content (AvgIpc) is 3.08. The van der Waals surface area contributed by atoms with Crippen molar-refractivity contribution in [3.8, 4) is 5.75 Å². The zero-order chi connectivity index (χ0) is 35.4. The minimum absolute atomic E-state index is 0.0537. The number of nitrogens with one attached hydrogen (secondary N) is 3. The second-order valence-corrected chi connectivity index (χ2v) is 14.8. The highest BCUT2D eigenvalue weighted by Crippen LogP contribution is 2.58. The molecule has 268 valence electrons. The summed E-state index contributed by atoms with van der Waals surface area (Å²) in [5.74, 6) is 2.03. The number of benzene rings is 2. The SMILES string of the molecule is CNC(=O)c1cccc(C)c1Nc1nc(Nc2ccc(N3CCN(C4C5CC6CC4CC(N(C)C)(C6)C5)CC3)cc2OC)ncc1C(F)(F)F. The molecule has 13 heteroatoms. The van der Waals surface area contributed by atoms with Gasteiger partial charge < -0.3 is 30.5 Å². The van der Waals surface area contributed by atoms with Crippen LogP contribution in [0.4, 0.5) is 42.0 Å². The van der Waals surface area contributed by atoms with Crippen LogP contribution in [0, 0.1) is 24.7 Å². The summed E-state index contributed by atoms with van der Waals surface area (Å²) in [6.07, 6.45) is 2.79. The second-order valence-electron chi connectivity index (χ2n) is 14.8. The van der Waals surface area contributed by atoms with Crippen molar-refractivity contribution in [3.05, 3.63) is 59.3 Å². The maximum Gasteiger partial charge on any atom is 0.421 e. The lowest BCUT2D eigenvalue weighted by atomic mass is 9.50. The summed E-state index contributed by atoms with van der Waals surface area (Å²) in [5, 5.41) is 8.35. The van der Waals surface area contributed by atoms with Gasteiger partial charge in [-0.2, -0.15) is 18.2 Å². The fraction of sp³-hybridized carbons (Fsp3) is 0.541. The van der Waals surface area contributed by atoms with Gasteiger partial charge in [-0.25, -0.2) is 4.98 Å². The number of rotatable bonds is 9. The van der Waals surface area contributed by atoms with E-state index in [2.05, 4.69) is 54.7 Å². The first kappa shape index (κ1) is 34.4. The number of carbonyl (C=O) groups excluding carboxylic acids is 1. The van der Waals surface area contributed by atoms with Crippen molar-refractivity contribution in [1.29, 1.82) is 0 Å². The van der Waals surface area contributed by atoms with Gasteiger partial charge in [-0.3, -0.25) is 9.69 Å². The topological polar surface area (TPSA) is 97.9 Å². The Kier molecular flexibility index (Phi) is 9.08. The van der Waals surface area contributed by atoms with Crippen LogP contribution in [0.1, 0.15) is 53.6 Å². The Morgan fingerprint density at radius 3 is 2.38 bits per heavy atom. The highest BCUT2D eigenvalue weighted by Gasteiger charge is 2.57. The van der Waals surface area contributed by atoms with E-state index in [1.54, 1.807) is 26.2 Å². The predicted molar refractivity (Wildman–Crippen MR) is 189 cm³/mol. The molecule has 2 heterocycles. The molecular weight excluding hydrogens is 645 g/mol. The van der Waals surface area contributed by atoms with Crippen molar-refractivity contribution in [2.75, 3.05) is 70.0 Å². The average molecular weight is 693 g/mol. The van der Waals surface area contributed by atoms with Crippen LogP contribution in [0.2, 0.25) is 0 Å². The summed E-state index contributed by atoms with van der Waals surface area (Å²) in [6, 6.07) is 11.4. The van der Waals surface area contributed by atoms with Crippen LogP contribution in [0.3, 0.4) is 0 Å². The minimum Gasteiger partial charge on any atom is -0.494 e. The van der Waals surface area contributed by atoms with E-state index in [1.807, 2.05) is 18.2 Å². The number of methoxy groups -OCH3 is 1. The molecule has 4 bridgehead atoms. The zero-order valence-corrected chi connectivity index (χ0v) is 29.4. The Morgan fingerprint density at radius 2 is 1.74 bits per heavy atom. The summed E-state index contributed by atoms with van der Waals surface area (Å²) in [5.41, 5.74) is 1.91. The second kappa shape index (κ2) is 13.2. The van der Waals surface area contributed by atoms with Crippen molar-refractivity contribution in [2.24, 2.45) is 17.8 Å². The third-order valence-electron chi connectivity index (χ3n) is 11.8. The fourth-order valence-corrected chi connectivity index (χ4v) is 9.50. The molecule has 1 saturated heterocycles. The Morgan fingerprint density at radius 1 is 1.02 bits per heavy atom. The molecule has 3 N–H and O–H groups in total. The van der Waals surface area contributed by atoms with Gasteiger partial charge in [-0.05, 0) is 94.6 Å². The molecule has 3 aromatic rings. The van der Waals surface area contributed by atoms with Gasteiger partial charge in [0, 0.05) is 62.8 Å². The molecule has 0 radical (unpaired) electrons. The molecule has 2 aromatic carbocycles. The molecule has 50 heavy (non-hydrogen) atoms. The maximum atomic E-state index is 14.1. The molecule has 10 nitrogen and oxygen atoms in total. The lowest BCUT2D eigenvalue weighted by molar-refractivity contribution is -0.137. The molecule has 5 aliphatic rings. The van der Waals surface area contributed by atoms with Crippen LogP contribution in [0.15, 0.2) is 42.6 Å². The molecule has 8 rings (SSSR count). The number of para-hydroxylation sites is 1. The third-order valence-corrected chi connectivity index (χ3v) is 11.8. The number of carbonyl (C=O) groups is 1. The number of amides is 1. The number of alkyl halides is 3. The molecular formula is C37H47F3N8O2. The molecule has 0 spiro atoms. The number of aromatic nitrogens is 2. The summed E-state index contributed by atoms with van der Waals surface area (Å²) in [4.78, 5) is 28.4. The van der Waals surface area contributed by atoms with Gasteiger partial charge in [-0.1, -0.05) is 12.1 Å². The molecule has 1 aromatic heterocycles. The third kappa shape index (κ3) is 6.34. The predicted octanol–water partition coefficient (Wildman–Crippen LogP) is 6.29. The monoisotopic (exact) mass is 692 g/mol. The van der Waals surface area contributed by atoms with Crippen LogP contribution < -0.4 is 25.6 Å². The van der Waals surface area contributed by atoms with Crippen molar-refractivity contribution >= 4 is 34.7 Å². The van der Waals surface area contributed by atoms with E-state index >= 15 is 0 Å². The summed E-state index contributed by atoms with van der Waals surface area (Å²) in [7, 11) is 7.58. The number of ether oxygens (including phenoxy) is 1. The molecule has 2 atom stereocenters. The van der Waals surface area contributed by atoms with Crippen molar-refractivity contribution < 1.29 is 22.7 Å². The quantitative estimate of drug-likeness (QED) is 0.239. The Bertz CT molecular complexity index is 1730. The Labute approximate surface area is 291 Å². The summed E-state index contributed by atoms with van der Waals surface area (Å²) >= 11 is 0. The number of hydrogen-bond acceptors (Lipinski definition) is 9. The van der Waals surface area contributed by atoms with E-state index in [1.165, 1.54) is 45.2 Å². The standard InChI is InChI=1S/C37H47F3N8O2/c1-22-7-6-8-27(34(49)41-2)31(22)44-33-28(37(38,39)40)21-42-35(45-33)43-29-10-9-26(17-30(29)50-5)47-11-13-48(14-12-47)32-24-15-23-16-25(32)20-36(18-23,19-24)46(3)4/h6-10,17,21,23-25,32H,11-16,18-20H2,1-5H3,(H,41,49)(H2,42,43,44,45). The molecule has 5 fully saturated rings. The molecule has 1 amide bonds. The first-order valence-corrected chi connectivity index (χ1v) is 17.5. The Balaban J connectivity index is 1.06. The number of halogens is 3. The summed E-state index contributed by atoms with van der Waals surface area (Å²) < 4.78 is 48.0. The van der Waals surface area contributed by atoms with Gasteiger partial charge >= 0.3 is 6.18 Å². The number of aryl methyl sites for hydroxylation is 1. The van der Waals surface area contributed by atoms with Crippen LogP contribution in [0.25, 0.3) is 0 Å². The first-order valence-electron chi connectivity index (χ1n) is 17.5. The fourth-order valence-electron chi connectivity index (χ4n) is 9.50. The van der Waals surface area contributed by atoms with Gasteiger partial charge in [0.15, 0.2) is 0 Å². The van der Waals surface area contributed by atoms with E-state index in [0.717, 1.165) is 55.8 Å². The van der Waals surface area contributed by atoms with Gasteiger partial charge in [0.1, 0.15) is 17.1 Å². The van der Waals surface area contributed by atoms with Crippen LogP contribution >= 0.6 is 0 Å². The van der Waals surface area contributed by atoms with E-state index in [4.69, 9.17) is 4.74 Å². The largest absolute Gasteiger partial charge is 0.494 e. The molecule has 4 saturated carbocycles. The highest BCUT2D eigenvalue weighted by atomic mass is 19.4. The molecule has 4 aliphatic carbocycles. The highest BCUT2D eigenvalue weighted by molar-refractivity contribution is 6.00. The van der Waals surface area contributed by atoms with E-state index in [0.29, 0.717) is 28.6 Å².